The molecule has 3 nitrogen and oxygen atoms in total. The molecule has 1 aromatic heterocycles. The Morgan fingerprint density at radius 2 is 2.00 bits per heavy atom. The van der Waals surface area contributed by atoms with Gasteiger partial charge in [-0.1, -0.05) is 13.8 Å². The Kier molecular flexibility index (Phi) is 5.99. The van der Waals surface area contributed by atoms with E-state index in [4.69, 9.17) is 4.74 Å². The maximum Gasteiger partial charge on any atom is 0.0580 e. The number of nitrogens with one attached hydrogen (secondary N) is 1. The van der Waals surface area contributed by atoms with E-state index in [9.17, 15) is 0 Å². The van der Waals surface area contributed by atoms with Crippen molar-refractivity contribution in [2.45, 2.75) is 58.1 Å². The largest absolute Gasteiger partial charge is 0.378 e. The molecule has 1 heterocycles. The molecule has 2 atom stereocenters. The van der Waals surface area contributed by atoms with Gasteiger partial charge in [0.05, 0.1) is 6.10 Å². The molecule has 1 aromatic rings. The SMILES string of the molecule is CCNC(CC1CC(OCC)C1)C(C)c1ccncc1. The van der Waals surface area contributed by atoms with Crippen molar-refractivity contribution in [3.63, 3.8) is 0 Å². The van der Waals surface area contributed by atoms with E-state index in [-0.39, 0.29) is 0 Å². The van der Waals surface area contributed by atoms with Crippen LogP contribution in [0.15, 0.2) is 24.5 Å². The second-order valence-corrected chi connectivity index (χ2v) is 5.88. The van der Waals surface area contributed by atoms with Crippen LogP contribution < -0.4 is 5.32 Å². The first kappa shape index (κ1) is 15.5. The fraction of sp³-hybridized carbons (Fsp3) is 0.706. The predicted octanol–water partition coefficient (Wildman–Crippen LogP) is 3.37. The lowest BCUT2D eigenvalue weighted by atomic mass is 9.75. The van der Waals surface area contributed by atoms with Gasteiger partial charge in [0.1, 0.15) is 0 Å². The maximum atomic E-state index is 5.67. The minimum atomic E-state index is 0.517. The first-order valence-corrected chi connectivity index (χ1v) is 7.99. The normalized spacial score (nSPS) is 24.9. The molecule has 0 aliphatic heterocycles. The molecule has 0 spiro atoms. The molecule has 0 saturated heterocycles. The summed E-state index contributed by atoms with van der Waals surface area (Å²) in [6, 6.07) is 4.83. The zero-order valence-electron chi connectivity index (χ0n) is 13.0. The second-order valence-electron chi connectivity index (χ2n) is 5.88. The minimum absolute atomic E-state index is 0.517. The zero-order chi connectivity index (χ0) is 14.4. The van der Waals surface area contributed by atoms with Gasteiger partial charge >= 0.3 is 0 Å². The highest BCUT2D eigenvalue weighted by atomic mass is 16.5. The van der Waals surface area contributed by atoms with E-state index in [1.165, 1.54) is 24.8 Å². The molecule has 0 amide bonds. The van der Waals surface area contributed by atoms with Crippen LogP contribution in [0.3, 0.4) is 0 Å². The summed E-state index contributed by atoms with van der Waals surface area (Å²) in [5, 5.41) is 3.67. The molecule has 1 aliphatic carbocycles. The first-order chi connectivity index (χ1) is 9.74. The smallest absolute Gasteiger partial charge is 0.0580 e. The standard InChI is InChI=1S/C17H28N2O/c1-4-19-17(12-14-10-16(11-14)20-5-2)13(3)15-6-8-18-9-7-15/h6-9,13-14,16-17,19H,4-5,10-12H2,1-3H3. The van der Waals surface area contributed by atoms with E-state index in [1.807, 2.05) is 12.4 Å². The lowest BCUT2D eigenvalue weighted by Crippen LogP contribution is -2.40. The number of aromatic nitrogens is 1. The topological polar surface area (TPSA) is 34.1 Å². The highest BCUT2D eigenvalue weighted by Gasteiger charge is 2.32. The third-order valence-corrected chi connectivity index (χ3v) is 4.48. The molecular formula is C17H28N2O. The summed E-state index contributed by atoms with van der Waals surface area (Å²) in [6.07, 6.45) is 8.02. The zero-order valence-corrected chi connectivity index (χ0v) is 13.0. The number of rotatable bonds is 8. The van der Waals surface area contributed by atoms with Crippen LogP contribution in [0.25, 0.3) is 0 Å². The molecular weight excluding hydrogens is 248 g/mol. The number of likely N-dealkylation sites (N-methyl/N-ethyl adjacent to an activating group) is 1. The highest BCUT2D eigenvalue weighted by molar-refractivity contribution is 5.17. The Bertz CT molecular complexity index is 376. The van der Waals surface area contributed by atoms with Crippen LogP contribution in [-0.4, -0.2) is 30.3 Å². The lowest BCUT2D eigenvalue weighted by Gasteiger charge is -2.38. The van der Waals surface area contributed by atoms with Crippen LogP contribution in [0.4, 0.5) is 0 Å². The van der Waals surface area contributed by atoms with Crippen molar-refractivity contribution in [1.29, 1.82) is 0 Å². The summed E-state index contributed by atoms with van der Waals surface area (Å²) in [6.45, 7) is 8.47. The Hall–Kier alpha value is -0.930. The van der Waals surface area contributed by atoms with Gasteiger partial charge in [0, 0.05) is 25.0 Å². The molecule has 2 unspecified atom stereocenters. The molecule has 3 heteroatoms. The van der Waals surface area contributed by atoms with Gasteiger partial charge < -0.3 is 10.1 Å². The van der Waals surface area contributed by atoms with Crippen molar-refractivity contribution >= 4 is 0 Å². The summed E-state index contributed by atoms with van der Waals surface area (Å²) in [5.41, 5.74) is 1.38. The van der Waals surface area contributed by atoms with Gasteiger partial charge in [0.15, 0.2) is 0 Å². The number of ether oxygens (including phenoxy) is 1. The van der Waals surface area contributed by atoms with Crippen molar-refractivity contribution < 1.29 is 4.74 Å². The minimum Gasteiger partial charge on any atom is -0.378 e. The average molecular weight is 276 g/mol. The van der Waals surface area contributed by atoms with E-state index in [0.717, 1.165) is 19.1 Å². The quantitative estimate of drug-likeness (QED) is 0.790. The number of hydrogen-bond donors (Lipinski definition) is 1. The van der Waals surface area contributed by atoms with Crippen LogP contribution in [0.1, 0.15) is 51.5 Å². The molecule has 0 radical (unpaired) electrons. The summed E-state index contributed by atoms with van der Waals surface area (Å²) in [7, 11) is 0. The van der Waals surface area contributed by atoms with Gasteiger partial charge in [-0.2, -0.15) is 0 Å². The van der Waals surface area contributed by atoms with Crippen molar-refractivity contribution in [3.05, 3.63) is 30.1 Å². The van der Waals surface area contributed by atoms with E-state index in [2.05, 4.69) is 43.2 Å². The number of hydrogen-bond acceptors (Lipinski definition) is 3. The highest BCUT2D eigenvalue weighted by Crippen LogP contribution is 2.36. The maximum absolute atomic E-state index is 5.67. The molecule has 20 heavy (non-hydrogen) atoms. The molecule has 1 saturated carbocycles. The Morgan fingerprint density at radius 3 is 2.60 bits per heavy atom. The van der Waals surface area contributed by atoms with E-state index < -0.39 is 0 Å². The lowest BCUT2D eigenvalue weighted by molar-refractivity contribution is -0.0295. The van der Waals surface area contributed by atoms with Crippen LogP contribution in [0.2, 0.25) is 0 Å². The molecule has 2 rings (SSSR count). The van der Waals surface area contributed by atoms with Crippen molar-refractivity contribution in [2.24, 2.45) is 5.92 Å². The Morgan fingerprint density at radius 1 is 1.30 bits per heavy atom. The van der Waals surface area contributed by atoms with Gasteiger partial charge in [-0.3, -0.25) is 4.98 Å². The van der Waals surface area contributed by atoms with Crippen LogP contribution in [-0.2, 0) is 4.74 Å². The summed E-state index contributed by atoms with van der Waals surface area (Å²) in [4.78, 5) is 4.11. The van der Waals surface area contributed by atoms with E-state index >= 15 is 0 Å². The number of nitrogens with zero attached hydrogens (tertiary/aromatic N) is 1. The monoisotopic (exact) mass is 276 g/mol. The van der Waals surface area contributed by atoms with Gasteiger partial charge in [-0.25, -0.2) is 0 Å². The molecule has 1 N–H and O–H groups in total. The second kappa shape index (κ2) is 7.75. The summed E-state index contributed by atoms with van der Waals surface area (Å²) >= 11 is 0. The predicted molar refractivity (Wildman–Crippen MR) is 82.9 cm³/mol. The Labute approximate surface area is 123 Å². The molecule has 112 valence electrons. The number of pyridine rings is 1. The average Bonchev–Trinajstić information content (AvgIpc) is 2.44. The van der Waals surface area contributed by atoms with Gasteiger partial charge in [-0.05, 0) is 62.3 Å². The van der Waals surface area contributed by atoms with Crippen molar-refractivity contribution in [1.82, 2.24) is 10.3 Å². The van der Waals surface area contributed by atoms with Crippen LogP contribution in [0, 0.1) is 5.92 Å². The van der Waals surface area contributed by atoms with Crippen LogP contribution >= 0.6 is 0 Å². The van der Waals surface area contributed by atoms with Crippen molar-refractivity contribution in [3.8, 4) is 0 Å². The van der Waals surface area contributed by atoms with Gasteiger partial charge in [0.25, 0.3) is 0 Å². The third kappa shape index (κ3) is 4.03. The third-order valence-electron chi connectivity index (χ3n) is 4.48. The fourth-order valence-electron chi connectivity index (χ4n) is 3.22. The van der Waals surface area contributed by atoms with Gasteiger partial charge in [-0.15, -0.1) is 0 Å². The molecule has 0 aromatic carbocycles. The van der Waals surface area contributed by atoms with E-state index in [0.29, 0.717) is 18.1 Å². The van der Waals surface area contributed by atoms with E-state index in [1.54, 1.807) is 0 Å². The van der Waals surface area contributed by atoms with Gasteiger partial charge in [0.2, 0.25) is 0 Å². The summed E-state index contributed by atoms with van der Waals surface area (Å²) in [5.74, 6) is 1.35. The Balaban J connectivity index is 1.87. The fourth-order valence-corrected chi connectivity index (χ4v) is 3.22. The van der Waals surface area contributed by atoms with Crippen molar-refractivity contribution in [2.75, 3.05) is 13.2 Å². The first-order valence-electron chi connectivity index (χ1n) is 7.99. The molecule has 0 bridgehead atoms. The van der Waals surface area contributed by atoms with Crippen LogP contribution in [0.5, 0.6) is 0 Å². The summed E-state index contributed by atoms with van der Waals surface area (Å²) < 4.78 is 5.67. The molecule has 1 fully saturated rings. The molecule has 1 aliphatic rings.